The van der Waals surface area contributed by atoms with E-state index in [2.05, 4.69) is 0 Å². The number of carbonyl (C=O) groups excluding carboxylic acids is 4. The lowest BCUT2D eigenvalue weighted by Crippen LogP contribution is -2.65. The van der Waals surface area contributed by atoms with Crippen molar-refractivity contribution in [2.24, 2.45) is 0 Å². The molecule has 0 aromatic rings. The molecule has 0 spiro atoms. The maximum atomic E-state index is 11.6. The Morgan fingerprint density at radius 1 is 0.769 bits per heavy atom. The van der Waals surface area contributed by atoms with Gasteiger partial charge < -0.3 is 23.7 Å². The first-order valence-corrected chi connectivity index (χ1v) is 7.99. The molecule has 1 rings (SSSR count). The molecule has 0 radical (unpaired) electrons. The first-order valence-electron chi connectivity index (χ1n) is 7.99. The quantitative estimate of drug-likeness (QED) is 0.449. The Hall–Kier alpha value is -2.20. The molecule has 148 valence electrons. The molecule has 1 aliphatic rings. The Bertz CT molecular complexity index is 548. The van der Waals surface area contributed by atoms with Gasteiger partial charge in [0.05, 0.1) is 0 Å². The monoisotopic (exact) mass is 375 g/mol. The predicted molar refractivity (Wildman–Crippen MR) is 85.6 cm³/mol. The first kappa shape index (κ1) is 21.8. The van der Waals surface area contributed by atoms with Crippen LogP contribution in [0.1, 0.15) is 27.7 Å². The van der Waals surface area contributed by atoms with Crippen LogP contribution in [0.25, 0.3) is 0 Å². The van der Waals surface area contributed by atoms with Crippen molar-refractivity contribution in [1.29, 1.82) is 0 Å². The number of rotatable bonds is 6. The third-order valence-corrected chi connectivity index (χ3v) is 3.48. The van der Waals surface area contributed by atoms with Gasteiger partial charge >= 0.3 is 23.9 Å². The minimum absolute atomic E-state index is 0.234. The fourth-order valence-corrected chi connectivity index (χ4v) is 2.62. The van der Waals surface area contributed by atoms with Crippen LogP contribution in [0.15, 0.2) is 0 Å². The van der Waals surface area contributed by atoms with Crippen molar-refractivity contribution < 1.29 is 42.9 Å². The summed E-state index contributed by atoms with van der Waals surface area (Å²) in [5, 5.41) is 0. The van der Waals surface area contributed by atoms with Crippen LogP contribution in [-0.4, -0.2) is 80.1 Å². The zero-order valence-corrected chi connectivity index (χ0v) is 15.7. The van der Waals surface area contributed by atoms with Crippen LogP contribution < -0.4 is 0 Å². The topological polar surface area (TPSA) is 118 Å². The van der Waals surface area contributed by atoms with Gasteiger partial charge in [0.2, 0.25) is 0 Å². The number of carbonyl (C=O) groups is 4. The first-order chi connectivity index (χ1) is 12.0. The van der Waals surface area contributed by atoms with Gasteiger partial charge in [-0.05, 0) is 14.1 Å². The van der Waals surface area contributed by atoms with E-state index in [1.54, 1.807) is 19.0 Å². The minimum Gasteiger partial charge on any atom is -0.463 e. The molecule has 0 unspecified atom stereocenters. The fraction of sp³-hybridized carbons (Fsp3) is 0.750. The van der Waals surface area contributed by atoms with Gasteiger partial charge in [0.25, 0.3) is 0 Å². The van der Waals surface area contributed by atoms with Gasteiger partial charge in [-0.15, -0.1) is 0 Å². The number of nitrogens with zero attached hydrogens (tertiary/aromatic N) is 1. The SMILES string of the molecule is CC(=O)OC[C@H]1O[C@@H](N(C)C)[C@H](OC(C)=O)[C@@H](OC(C)=O)[C@@H]1OC(C)=O. The van der Waals surface area contributed by atoms with E-state index in [4.69, 9.17) is 23.7 Å². The van der Waals surface area contributed by atoms with Crippen molar-refractivity contribution in [3.05, 3.63) is 0 Å². The van der Waals surface area contributed by atoms with E-state index in [1.807, 2.05) is 0 Å². The van der Waals surface area contributed by atoms with Gasteiger partial charge in [0.1, 0.15) is 12.7 Å². The van der Waals surface area contributed by atoms with Gasteiger partial charge in [0.15, 0.2) is 24.5 Å². The Labute approximate surface area is 151 Å². The van der Waals surface area contributed by atoms with Crippen molar-refractivity contribution in [2.45, 2.75) is 58.3 Å². The standard InChI is InChI=1S/C16H25NO9/c1-8(18)22-7-12-13(23-9(2)19)14(24-10(3)20)15(25-11(4)21)16(26-12)17(5)6/h12-16H,7H2,1-6H3/t12-,13-,14+,15-,16-/m1/s1. The summed E-state index contributed by atoms with van der Waals surface area (Å²) < 4.78 is 26.6. The van der Waals surface area contributed by atoms with Gasteiger partial charge in [-0.3, -0.25) is 24.1 Å². The second kappa shape index (κ2) is 9.48. The Kier molecular flexibility index (Phi) is 7.97. The normalized spacial score (nSPS) is 28.2. The van der Waals surface area contributed by atoms with E-state index in [0.29, 0.717) is 0 Å². The van der Waals surface area contributed by atoms with Crippen LogP contribution in [0.2, 0.25) is 0 Å². The molecule has 0 amide bonds. The summed E-state index contributed by atoms with van der Waals surface area (Å²) >= 11 is 0. The van der Waals surface area contributed by atoms with Crippen LogP contribution >= 0.6 is 0 Å². The number of likely N-dealkylation sites (N-methyl/N-ethyl adjacent to an activating group) is 1. The summed E-state index contributed by atoms with van der Waals surface area (Å²) in [6.07, 6.45) is -5.07. The van der Waals surface area contributed by atoms with Crippen LogP contribution in [-0.2, 0) is 42.9 Å². The largest absolute Gasteiger partial charge is 0.463 e. The zero-order chi connectivity index (χ0) is 20.0. The van der Waals surface area contributed by atoms with Crippen molar-refractivity contribution in [3.63, 3.8) is 0 Å². The molecule has 1 aliphatic heterocycles. The van der Waals surface area contributed by atoms with Crippen LogP contribution in [0.3, 0.4) is 0 Å². The summed E-state index contributed by atoms with van der Waals surface area (Å²) in [6, 6.07) is 0. The molecule has 10 heteroatoms. The molecule has 0 aliphatic carbocycles. The second-order valence-corrected chi connectivity index (χ2v) is 6.05. The Morgan fingerprint density at radius 2 is 1.23 bits per heavy atom. The summed E-state index contributed by atoms with van der Waals surface area (Å²) in [4.78, 5) is 47.4. The lowest BCUT2D eigenvalue weighted by atomic mass is 9.97. The molecular formula is C16H25NO9. The molecule has 0 N–H and O–H groups in total. The summed E-state index contributed by atoms with van der Waals surface area (Å²) in [6.45, 7) is 4.53. The lowest BCUT2D eigenvalue weighted by molar-refractivity contribution is -0.273. The highest BCUT2D eigenvalue weighted by molar-refractivity contribution is 5.68. The summed E-state index contributed by atoms with van der Waals surface area (Å²) in [5.41, 5.74) is 0. The summed E-state index contributed by atoms with van der Waals surface area (Å²) in [5.74, 6) is -2.49. The molecule has 0 aromatic carbocycles. The third kappa shape index (κ3) is 6.26. The van der Waals surface area contributed by atoms with E-state index < -0.39 is 54.5 Å². The molecule has 0 saturated carbocycles. The van der Waals surface area contributed by atoms with Crippen LogP contribution in [0.5, 0.6) is 0 Å². The molecule has 26 heavy (non-hydrogen) atoms. The van der Waals surface area contributed by atoms with Crippen molar-refractivity contribution >= 4 is 23.9 Å². The maximum Gasteiger partial charge on any atom is 0.303 e. The highest BCUT2D eigenvalue weighted by Gasteiger charge is 2.52. The fourth-order valence-electron chi connectivity index (χ4n) is 2.62. The van der Waals surface area contributed by atoms with Gasteiger partial charge in [-0.25, -0.2) is 0 Å². The number of esters is 4. The summed E-state index contributed by atoms with van der Waals surface area (Å²) in [7, 11) is 3.34. The van der Waals surface area contributed by atoms with Crippen molar-refractivity contribution in [3.8, 4) is 0 Å². The van der Waals surface area contributed by atoms with Gasteiger partial charge in [0, 0.05) is 27.7 Å². The van der Waals surface area contributed by atoms with Gasteiger partial charge in [-0.2, -0.15) is 0 Å². The number of hydrogen-bond donors (Lipinski definition) is 0. The minimum atomic E-state index is -1.14. The lowest BCUT2D eigenvalue weighted by Gasteiger charge is -2.46. The molecule has 0 bridgehead atoms. The van der Waals surface area contributed by atoms with Crippen LogP contribution in [0.4, 0.5) is 0 Å². The van der Waals surface area contributed by atoms with Crippen molar-refractivity contribution in [1.82, 2.24) is 4.90 Å². The highest BCUT2D eigenvalue weighted by atomic mass is 16.7. The average Bonchev–Trinajstić information content (AvgIpc) is 2.47. The highest BCUT2D eigenvalue weighted by Crippen LogP contribution is 2.30. The zero-order valence-electron chi connectivity index (χ0n) is 15.7. The molecule has 1 saturated heterocycles. The smallest absolute Gasteiger partial charge is 0.303 e. The number of ether oxygens (including phenoxy) is 5. The molecule has 1 fully saturated rings. The molecule has 5 atom stereocenters. The molecular weight excluding hydrogens is 350 g/mol. The Morgan fingerprint density at radius 3 is 1.65 bits per heavy atom. The predicted octanol–water partition coefficient (Wildman–Crippen LogP) is -0.369. The van der Waals surface area contributed by atoms with E-state index in [9.17, 15) is 19.2 Å². The molecule has 10 nitrogen and oxygen atoms in total. The van der Waals surface area contributed by atoms with Crippen LogP contribution in [0, 0.1) is 0 Å². The van der Waals surface area contributed by atoms with E-state index in [-0.39, 0.29) is 6.61 Å². The second-order valence-electron chi connectivity index (χ2n) is 6.05. The van der Waals surface area contributed by atoms with E-state index in [1.165, 1.54) is 27.7 Å². The molecule has 1 heterocycles. The van der Waals surface area contributed by atoms with E-state index >= 15 is 0 Å². The molecule has 0 aromatic heterocycles. The average molecular weight is 375 g/mol. The maximum absolute atomic E-state index is 11.6. The van der Waals surface area contributed by atoms with Gasteiger partial charge in [-0.1, -0.05) is 0 Å². The van der Waals surface area contributed by atoms with Crippen molar-refractivity contribution in [2.75, 3.05) is 20.7 Å². The van der Waals surface area contributed by atoms with E-state index in [0.717, 1.165) is 0 Å². The number of hydrogen-bond acceptors (Lipinski definition) is 10. The Balaban J connectivity index is 3.27. The third-order valence-electron chi connectivity index (χ3n) is 3.48.